The standard InChI is InChI=1S/C30H54O6/c1-22(2)13-7-10-18-34-28(31)25-16-17-26(29(32)35-19-11-8-14-23(3)4)27(21-25)30(33)36-20-12-9-15-24(5)6/h22-27H,7-21H2,1-6H3. The van der Waals surface area contributed by atoms with Gasteiger partial charge in [-0.05, 0) is 75.5 Å². The molecule has 0 spiro atoms. The first-order valence-corrected chi connectivity index (χ1v) is 14.6. The molecule has 0 saturated heterocycles. The average Bonchev–Trinajstić information content (AvgIpc) is 2.82. The zero-order chi connectivity index (χ0) is 26.9. The van der Waals surface area contributed by atoms with Crippen molar-refractivity contribution in [2.75, 3.05) is 19.8 Å². The summed E-state index contributed by atoms with van der Waals surface area (Å²) in [5.41, 5.74) is 0. The number of hydrogen-bond donors (Lipinski definition) is 0. The third-order valence-corrected chi connectivity index (χ3v) is 7.05. The van der Waals surface area contributed by atoms with Crippen molar-refractivity contribution in [3.05, 3.63) is 0 Å². The first kappa shape index (κ1) is 32.4. The fraction of sp³-hybridized carbons (Fsp3) is 0.900. The first-order valence-electron chi connectivity index (χ1n) is 14.6. The molecule has 0 aliphatic heterocycles. The van der Waals surface area contributed by atoms with Crippen molar-refractivity contribution in [3.63, 3.8) is 0 Å². The lowest BCUT2D eigenvalue weighted by molar-refractivity contribution is -0.167. The number of unbranched alkanes of at least 4 members (excludes halogenated alkanes) is 3. The normalized spacial score (nSPS) is 20.1. The third kappa shape index (κ3) is 14.2. The van der Waals surface area contributed by atoms with Gasteiger partial charge in [-0.15, -0.1) is 0 Å². The van der Waals surface area contributed by atoms with Gasteiger partial charge in [-0.1, -0.05) is 60.8 Å². The largest absolute Gasteiger partial charge is 0.465 e. The summed E-state index contributed by atoms with van der Waals surface area (Å²) in [5.74, 6) is -0.639. The highest BCUT2D eigenvalue weighted by Gasteiger charge is 2.43. The van der Waals surface area contributed by atoms with Crippen LogP contribution in [0, 0.1) is 35.5 Å². The summed E-state index contributed by atoms with van der Waals surface area (Å²) in [6.07, 6.45) is 10.1. The van der Waals surface area contributed by atoms with E-state index in [0.717, 1.165) is 57.8 Å². The molecular weight excluding hydrogens is 456 g/mol. The summed E-state index contributed by atoms with van der Waals surface area (Å²) < 4.78 is 16.7. The van der Waals surface area contributed by atoms with Crippen LogP contribution in [0.1, 0.15) is 119 Å². The minimum absolute atomic E-state index is 0.255. The van der Waals surface area contributed by atoms with Crippen molar-refractivity contribution in [2.24, 2.45) is 35.5 Å². The Labute approximate surface area is 220 Å². The molecule has 36 heavy (non-hydrogen) atoms. The Morgan fingerprint density at radius 2 is 0.944 bits per heavy atom. The topological polar surface area (TPSA) is 78.9 Å². The molecule has 1 aliphatic rings. The second-order valence-corrected chi connectivity index (χ2v) is 11.9. The van der Waals surface area contributed by atoms with Gasteiger partial charge in [0, 0.05) is 0 Å². The molecule has 3 atom stereocenters. The van der Waals surface area contributed by atoms with Crippen LogP contribution in [0.2, 0.25) is 0 Å². The molecule has 0 amide bonds. The number of hydrogen-bond acceptors (Lipinski definition) is 6. The lowest BCUT2D eigenvalue weighted by Gasteiger charge is -2.32. The van der Waals surface area contributed by atoms with E-state index in [2.05, 4.69) is 41.5 Å². The number of esters is 3. The quantitative estimate of drug-likeness (QED) is 0.111. The van der Waals surface area contributed by atoms with Gasteiger partial charge in [-0.25, -0.2) is 0 Å². The molecular formula is C30H54O6. The molecule has 210 valence electrons. The van der Waals surface area contributed by atoms with Crippen LogP contribution in [-0.2, 0) is 28.6 Å². The van der Waals surface area contributed by atoms with Crippen molar-refractivity contribution >= 4 is 17.9 Å². The van der Waals surface area contributed by atoms with Crippen LogP contribution in [0.25, 0.3) is 0 Å². The van der Waals surface area contributed by atoms with Crippen LogP contribution in [0.5, 0.6) is 0 Å². The highest BCUT2D eigenvalue weighted by Crippen LogP contribution is 2.36. The van der Waals surface area contributed by atoms with E-state index in [1.165, 1.54) is 0 Å². The van der Waals surface area contributed by atoms with E-state index in [1.807, 2.05) is 0 Å². The van der Waals surface area contributed by atoms with Gasteiger partial charge in [0.05, 0.1) is 37.6 Å². The van der Waals surface area contributed by atoms with Crippen LogP contribution in [0.3, 0.4) is 0 Å². The van der Waals surface area contributed by atoms with Gasteiger partial charge in [0.15, 0.2) is 0 Å². The minimum atomic E-state index is -0.648. The molecule has 1 saturated carbocycles. The molecule has 1 fully saturated rings. The monoisotopic (exact) mass is 510 g/mol. The Kier molecular flexibility index (Phi) is 16.8. The first-order chi connectivity index (χ1) is 17.1. The van der Waals surface area contributed by atoms with Gasteiger partial charge in [0.1, 0.15) is 0 Å². The maximum atomic E-state index is 13.0. The number of ether oxygens (including phenoxy) is 3. The number of carbonyl (C=O) groups excluding carboxylic acids is 3. The highest BCUT2D eigenvalue weighted by atomic mass is 16.5. The Morgan fingerprint density at radius 3 is 1.36 bits per heavy atom. The fourth-order valence-corrected chi connectivity index (χ4v) is 4.74. The third-order valence-electron chi connectivity index (χ3n) is 7.05. The van der Waals surface area contributed by atoms with E-state index < -0.39 is 11.8 Å². The second kappa shape index (κ2) is 18.6. The van der Waals surface area contributed by atoms with Crippen LogP contribution in [0.15, 0.2) is 0 Å². The molecule has 0 heterocycles. The predicted octanol–water partition coefficient (Wildman–Crippen LogP) is 7.13. The SMILES string of the molecule is CC(C)CCCCOC(=O)C1CCC(C(=O)OCCCCC(C)C)C(C(=O)OCCCCC(C)C)C1. The van der Waals surface area contributed by atoms with Gasteiger partial charge in [0.25, 0.3) is 0 Å². The molecule has 0 bridgehead atoms. The summed E-state index contributed by atoms with van der Waals surface area (Å²) >= 11 is 0. The zero-order valence-electron chi connectivity index (χ0n) is 24.0. The van der Waals surface area contributed by atoms with Crippen molar-refractivity contribution in [1.82, 2.24) is 0 Å². The van der Waals surface area contributed by atoms with E-state index in [9.17, 15) is 14.4 Å². The Bertz CT molecular complexity index is 627. The smallest absolute Gasteiger partial charge is 0.309 e. The molecule has 0 N–H and O–H groups in total. The van der Waals surface area contributed by atoms with Gasteiger partial charge >= 0.3 is 17.9 Å². The fourth-order valence-electron chi connectivity index (χ4n) is 4.74. The summed E-state index contributed by atoms with van der Waals surface area (Å²) in [6, 6.07) is 0. The Balaban J connectivity index is 2.63. The number of rotatable bonds is 18. The molecule has 3 unspecified atom stereocenters. The summed E-state index contributed by atoms with van der Waals surface area (Å²) in [4.78, 5) is 38.6. The summed E-state index contributed by atoms with van der Waals surface area (Å²) in [6.45, 7) is 14.2. The van der Waals surface area contributed by atoms with E-state index in [4.69, 9.17) is 14.2 Å². The maximum absolute atomic E-state index is 13.0. The maximum Gasteiger partial charge on any atom is 0.309 e. The van der Waals surface area contributed by atoms with Gasteiger partial charge in [-0.3, -0.25) is 14.4 Å². The van der Waals surface area contributed by atoms with E-state index in [0.29, 0.717) is 56.8 Å². The predicted molar refractivity (Wildman–Crippen MR) is 143 cm³/mol. The van der Waals surface area contributed by atoms with Crippen LogP contribution in [-0.4, -0.2) is 37.7 Å². The van der Waals surface area contributed by atoms with Crippen molar-refractivity contribution in [2.45, 2.75) is 119 Å². The molecule has 1 aliphatic carbocycles. The Morgan fingerprint density at radius 1 is 0.556 bits per heavy atom. The highest BCUT2D eigenvalue weighted by molar-refractivity contribution is 5.83. The van der Waals surface area contributed by atoms with Crippen LogP contribution >= 0.6 is 0 Å². The van der Waals surface area contributed by atoms with E-state index in [-0.39, 0.29) is 23.8 Å². The molecule has 0 aromatic heterocycles. The van der Waals surface area contributed by atoms with Gasteiger partial charge < -0.3 is 14.2 Å². The lowest BCUT2D eigenvalue weighted by Crippen LogP contribution is -2.40. The molecule has 1 rings (SSSR count). The van der Waals surface area contributed by atoms with Gasteiger partial charge in [0.2, 0.25) is 0 Å². The van der Waals surface area contributed by atoms with Crippen LogP contribution in [0.4, 0.5) is 0 Å². The molecule has 6 heteroatoms. The minimum Gasteiger partial charge on any atom is -0.465 e. The molecule has 0 radical (unpaired) electrons. The zero-order valence-corrected chi connectivity index (χ0v) is 24.0. The molecule has 0 aromatic rings. The van der Waals surface area contributed by atoms with Crippen molar-refractivity contribution < 1.29 is 28.6 Å². The van der Waals surface area contributed by atoms with E-state index >= 15 is 0 Å². The Hall–Kier alpha value is -1.59. The van der Waals surface area contributed by atoms with Crippen molar-refractivity contribution in [3.8, 4) is 0 Å². The lowest BCUT2D eigenvalue weighted by atomic mass is 9.74. The van der Waals surface area contributed by atoms with Crippen molar-refractivity contribution in [1.29, 1.82) is 0 Å². The molecule has 0 aromatic carbocycles. The molecule has 6 nitrogen and oxygen atoms in total. The van der Waals surface area contributed by atoms with E-state index in [1.54, 1.807) is 0 Å². The number of carbonyl (C=O) groups is 3. The van der Waals surface area contributed by atoms with Crippen LogP contribution < -0.4 is 0 Å². The average molecular weight is 511 g/mol. The summed E-state index contributed by atoms with van der Waals surface area (Å²) in [7, 11) is 0. The second-order valence-electron chi connectivity index (χ2n) is 11.9. The summed E-state index contributed by atoms with van der Waals surface area (Å²) in [5, 5.41) is 0. The van der Waals surface area contributed by atoms with Gasteiger partial charge in [-0.2, -0.15) is 0 Å².